The molecule has 2 fully saturated rings. The third kappa shape index (κ3) is 2.74. The minimum atomic E-state index is 0.172. The van der Waals surface area contributed by atoms with E-state index in [4.69, 9.17) is 5.73 Å². The van der Waals surface area contributed by atoms with Gasteiger partial charge in [0.05, 0.1) is 6.61 Å². The summed E-state index contributed by atoms with van der Waals surface area (Å²) < 4.78 is 0. The lowest BCUT2D eigenvalue weighted by atomic mass is 10.1. The number of aliphatic hydroxyl groups excluding tert-OH is 1. The second-order valence-electron chi connectivity index (χ2n) is 5.08. The molecule has 3 N–H and O–H groups in total. The predicted molar refractivity (Wildman–Crippen MR) is 65.3 cm³/mol. The summed E-state index contributed by atoms with van der Waals surface area (Å²) in [5, 5.41) is 9.22. The van der Waals surface area contributed by atoms with E-state index in [1.165, 1.54) is 25.7 Å². The molecule has 0 bridgehead atoms. The van der Waals surface area contributed by atoms with Crippen LogP contribution in [0.25, 0.3) is 0 Å². The molecule has 1 aliphatic heterocycles. The van der Waals surface area contributed by atoms with Gasteiger partial charge < -0.3 is 10.8 Å². The van der Waals surface area contributed by atoms with Gasteiger partial charge in [-0.1, -0.05) is 12.8 Å². The quantitative estimate of drug-likeness (QED) is 0.702. The second-order valence-corrected chi connectivity index (χ2v) is 5.08. The molecule has 0 radical (unpaired) electrons. The van der Waals surface area contributed by atoms with Crippen molar-refractivity contribution < 1.29 is 5.11 Å². The van der Waals surface area contributed by atoms with Gasteiger partial charge in [0.25, 0.3) is 0 Å². The maximum atomic E-state index is 9.22. The first-order chi connectivity index (χ1) is 7.85. The lowest BCUT2D eigenvalue weighted by Crippen LogP contribution is -2.55. The fourth-order valence-electron chi connectivity index (χ4n) is 3.08. The van der Waals surface area contributed by atoms with Crippen molar-refractivity contribution >= 4 is 0 Å². The smallest absolute Gasteiger partial charge is 0.0599 e. The Morgan fingerprint density at radius 1 is 1.12 bits per heavy atom. The molecule has 4 nitrogen and oxygen atoms in total. The van der Waals surface area contributed by atoms with Crippen LogP contribution in [0.3, 0.4) is 0 Å². The summed E-state index contributed by atoms with van der Waals surface area (Å²) >= 11 is 0. The minimum absolute atomic E-state index is 0.172. The molecule has 4 heteroatoms. The zero-order valence-electron chi connectivity index (χ0n) is 10.1. The standard InChI is InChI=1S/C12H25N3O/c13-9-12(10-16)15-7-5-14(6-8-15)11-3-1-2-4-11/h11-12,16H,1-10,13H2. The van der Waals surface area contributed by atoms with Gasteiger partial charge in [0.2, 0.25) is 0 Å². The Balaban J connectivity index is 1.77. The number of piperazine rings is 1. The molecule has 0 amide bonds. The van der Waals surface area contributed by atoms with Crippen molar-refractivity contribution in [1.29, 1.82) is 0 Å². The van der Waals surface area contributed by atoms with Crippen LogP contribution in [0.5, 0.6) is 0 Å². The molecule has 0 aromatic carbocycles. The Morgan fingerprint density at radius 3 is 2.25 bits per heavy atom. The molecule has 0 aromatic heterocycles. The van der Waals surface area contributed by atoms with Crippen LogP contribution < -0.4 is 5.73 Å². The third-order valence-electron chi connectivity index (χ3n) is 4.19. The molecule has 0 aromatic rings. The van der Waals surface area contributed by atoms with Gasteiger partial charge >= 0.3 is 0 Å². The van der Waals surface area contributed by atoms with Gasteiger partial charge in [-0.05, 0) is 12.8 Å². The first-order valence-corrected chi connectivity index (χ1v) is 6.64. The highest BCUT2D eigenvalue weighted by molar-refractivity contribution is 4.84. The molecule has 1 saturated heterocycles. The first kappa shape index (κ1) is 12.3. The Bertz CT molecular complexity index is 184. The summed E-state index contributed by atoms with van der Waals surface area (Å²) in [6.45, 7) is 5.21. The Kier molecular flexibility index (Phi) is 4.58. The molecule has 1 heterocycles. The maximum Gasteiger partial charge on any atom is 0.0599 e. The molecular formula is C12H25N3O. The third-order valence-corrected chi connectivity index (χ3v) is 4.19. The van der Waals surface area contributed by atoms with Gasteiger partial charge in [0.1, 0.15) is 0 Å². The first-order valence-electron chi connectivity index (χ1n) is 6.64. The van der Waals surface area contributed by atoms with Crippen LogP contribution in [0.1, 0.15) is 25.7 Å². The number of hydrogen-bond acceptors (Lipinski definition) is 4. The summed E-state index contributed by atoms with van der Waals surface area (Å²) in [4.78, 5) is 4.97. The van der Waals surface area contributed by atoms with Crippen LogP contribution in [-0.2, 0) is 0 Å². The van der Waals surface area contributed by atoms with E-state index in [9.17, 15) is 5.11 Å². The van der Waals surface area contributed by atoms with E-state index in [2.05, 4.69) is 9.80 Å². The molecule has 2 aliphatic rings. The molecule has 1 saturated carbocycles. The van der Waals surface area contributed by atoms with Gasteiger partial charge in [-0.15, -0.1) is 0 Å². The van der Waals surface area contributed by atoms with E-state index in [0.29, 0.717) is 6.54 Å². The second kappa shape index (κ2) is 5.96. The molecule has 1 unspecified atom stereocenters. The van der Waals surface area contributed by atoms with Gasteiger partial charge in [-0.25, -0.2) is 0 Å². The van der Waals surface area contributed by atoms with Crippen molar-refractivity contribution in [2.75, 3.05) is 39.3 Å². The topological polar surface area (TPSA) is 52.7 Å². The SMILES string of the molecule is NCC(CO)N1CCN(C2CCCC2)CC1. The fourth-order valence-corrected chi connectivity index (χ4v) is 3.08. The highest BCUT2D eigenvalue weighted by Gasteiger charge is 2.28. The lowest BCUT2D eigenvalue weighted by Gasteiger charge is -2.40. The molecule has 1 atom stereocenters. The molecule has 1 aliphatic carbocycles. The zero-order chi connectivity index (χ0) is 11.4. The van der Waals surface area contributed by atoms with E-state index in [0.717, 1.165) is 32.2 Å². The van der Waals surface area contributed by atoms with E-state index in [1.807, 2.05) is 0 Å². The van der Waals surface area contributed by atoms with E-state index in [1.54, 1.807) is 0 Å². The van der Waals surface area contributed by atoms with Crippen LogP contribution in [0.2, 0.25) is 0 Å². The Labute approximate surface area is 98.4 Å². The summed E-state index contributed by atoms with van der Waals surface area (Å²) in [5.74, 6) is 0. The largest absolute Gasteiger partial charge is 0.395 e. The lowest BCUT2D eigenvalue weighted by molar-refractivity contribution is 0.0511. The average Bonchev–Trinajstić information content (AvgIpc) is 2.85. The number of aliphatic hydroxyl groups is 1. The van der Waals surface area contributed by atoms with Crippen molar-refractivity contribution in [3.8, 4) is 0 Å². The monoisotopic (exact) mass is 227 g/mol. The van der Waals surface area contributed by atoms with Gasteiger partial charge in [-0.3, -0.25) is 9.80 Å². The number of hydrogen-bond donors (Lipinski definition) is 2. The minimum Gasteiger partial charge on any atom is -0.395 e. The van der Waals surface area contributed by atoms with Crippen molar-refractivity contribution in [2.45, 2.75) is 37.8 Å². The fraction of sp³-hybridized carbons (Fsp3) is 1.00. The molecule has 2 rings (SSSR count). The highest BCUT2D eigenvalue weighted by Crippen LogP contribution is 2.24. The van der Waals surface area contributed by atoms with E-state index >= 15 is 0 Å². The molecular weight excluding hydrogens is 202 g/mol. The van der Waals surface area contributed by atoms with Crippen molar-refractivity contribution in [3.63, 3.8) is 0 Å². The van der Waals surface area contributed by atoms with Crippen LogP contribution in [-0.4, -0.2) is 66.3 Å². The van der Waals surface area contributed by atoms with Crippen LogP contribution in [0.4, 0.5) is 0 Å². The van der Waals surface area contributed by atoms with E-state index in [-0.39, 0.29) is 12.6 Å². The normalized spacial score (nSPS) is 27.4. The van der Waals surface area contributed by atoms with Crippen molar-refractivity contribution in [3.05, 3.63) is 0 Å². The summed E-state index contributed by atoms with van der Waals surface area (Å²) in [7, 11) is 0. The van der Waals surface area contributed by atoms with Crippen LogP contribution in [0.15, 0.2) is 0 Å². The van der Waals surface area contributed by atoms with Crippen LogP contribution in [0, 0.1) is 0 Å². The Hall–Kier alpha value is -0.160. The summed E-state index contributed by atoms with van der Waals surface area (Å²) in [5.41, 5.74) is 5.66. The zero-order valence-corrected chi connectivity index (χ0v) is 10.1. The summed E-state index contributed by atoms with van der Waals surface area (Å²) in [6, 6.07) is 1.01. The van der Waals surface area contributed by atoms with E-state index < -0.39 is 0 Å². The van der Waals surface area contributed by atoms with Gasteiger partial charge in [0, 0.05) is 44.8 Å². The predicted octanol–water partition coefficient (Wildman–Crippen LogP) is -0.134. The van der Waals surface area contributed by atoms with Crippen molar-refractivity contribution in [1.82, 2.24) is 9.80 Å². The Morgan fingerprint density at radius 2 is 1.75 bits per heavy atom. The molecule has 0 spiro atoms. The molecule has 94 valence electrons. The van der Waals surface area contributed by atoms with Gasteiger partial charge in [0.15, 0.2) is 0 Å². The summed E-state index contributed by atoms with van der Waals surface area (Å²) in [6.07, 6.45) is 5.60. The molecule has 16 heavy (non-hydrogen) atoms. The van der Waals surface area contributed by atoms with Crippen molar-refractivity contribution in [2.24, 2.45) is 5.73 Å². The van der Waals surface area contributed by atoms with Gasteiger partial charge in [-0.2, -0.15) is 0 Å². The highest BCUT2D eigenvalue weighted by atomic mass is 16.3. The number of rotatable bonds is 4. The number of nitrogens with zero attached hydrogens (tertiary/aromatic N) is 2. The maximum absolute atomic E-state index is 9.22. The van der Waals surface area contributed by atoms with Crippen LogP contribution >= 0.6 is 0 Å². The average molecular weight is 227 g/mol. The number of nitrogens with two attached hydrogens (primary N) is 1.